The number of halogens is 2. The molecule has 1 aliphatic rings. The van der Waals surface area contributed by atoms with Crippen LogP contribution in [0, 0.1) is 23.0 Å². The molecule has 44 heavy (non-hydrogen) atoms. The Morgan fingerprint density at radius 2 is 1.66 bits per heavy atom. The van der Waals surface area contributed by atoms with Crippen LogP contribution < -0.4 is 11.1 Å². The van der Waals surface area contributed by atoms with Crippen molar-refractivity contribution >= 4 is 23.4 Å². The van der Waals surface area contributed by atoms with Gasteiger partial charge in [0, 0.05) is 23.7 Å². The summed E-state index contributed by atoms with van der Waals surface area (Å²) in [6.07, 6.45) is 5.85. The first-order chi connectivity index (χ1) is 20.7. The molecule has 0 saturated heterocycles. The van der Waals surface area contributed by atoms with E-state index in [2.05, 4.69) is 39.6 Å². The summed E-state index contributed by atoms with van der Waals surface area (Å²) in [5.41, 5.74) is 7.44. The number of rotatable bonds is 14. The molecule has 1 fully saturated rings. The second-order valence-electron chi connectivity index (χ2n) is 12.7. The summed E-state index contributed by atoms with van der Waals surface area (Å²) in [6, 6.07) is 9.33. The number of nitrogens with zero attached hydrogens (tertiary/aromatic N) is 1. The van der Waals surface area contributed by atoms with E-state index < -0.39 is 41.1 Å². The van der Waals surface area contributed by atoms with Crippen LogP contribution in [-0.4, -0.2) is 40.0 Å². The highest BCUT2D eigenvalue weighted by Gasteiger charge is 2.46. The van der Waals surface area contributed by atoms with Gasteiger partial charge in [0.05, 0.1) is 18.1 Å². The maximum atomic E-state index is 14.4. The molecule has 0 aliphatic heterocycles. The first-order valence-electron chi connectivity index (χ1n) is 15.6. The number of carboxylic acid groups (broad SMARTS) is 1. The molecular formula is C35H47F2N3O4. The molecule has 3 rings (SSSR count). The number of hydrogen-bond donors (Lipinski definition) is 3. The molecule has 1 atom stereocenters. The van der Waals surface area contributed by atoms with Crippen molar-refractivity contribution in [3.05, 3.63) is 77.4 Å². The third-order valence-corrected chi connectivity index (χ3v) is 9.36. The Balaban J connectivity index is 2.03. The zero-order valence-electron chi connectivity index (χ0n) is 26.4. The predicted octanol–water partition coefficient (Wildman–Crippen LogP) is 7.22. The number of carbonyl (C=O) groups excluding carboxylic acids is 2. The summed E-state index contributed by atoms with van der Waals surface area (Å²) < 4.78 is 28.4. The monoisotopic (exact) mass is 611 g/mol. The van der Waals surface area contributed by atoms with Crippen LogP contribution >= 0.6 is 0 Å². The van der Waals surface area contributed by atoms with E-state index in [1.165, 1.54) is 0 Å². The highest BCUT2D eigenvalue weighted by molar-refractivity contribution is 6.19. The largest absolute Gasteiger partial charge is 0.481 e. The van der Waals surface area contributed by atoms with Gasteiger partial charge in [-0.1, -0.05) is 65.7 Å². The molecular weight excluding hydrogens is 564 g/mol. The predicted molar refractivity (Wildman–Crippen MR) is 168 cm³/mol. The SMILES string of the molecule is C=C(C(=O)N([C@H](CCCC)c1ccc(C(=O)NCCC(=O)O)cc1)C1(N)CCC(C(C)(C)CC)CC1)c1cc(F)cc(F)c1. The van der Waals surface area contributed by atoms with Crippen LogP contribution in [0.5, 0.6) is 0 Å². The van der Waals surface area contributed by atoms with Crippen molar-refractivity contribution in [1.82, 2.24) is 10.2 Å². The average molecular weight is 612 g/mol. The van der Waals surface area contributed by atoms with Crippen LogP contribution in [0.2, 0.25) is 0 Å². The van der Waals surface area contributed by atoms with Crippen molar-refractivity contribution in [2.45, 2.75) is 97.2 Å². The fraction of sp³-hybridized carbons (Fsp3) is 0.514. The third-order valence-electron chi connectivity index (χ3n) is 9.36. The lowest BCUT2D eigenvalue weighted by Gasteiger charge is -2.51. The average Bonchev–Trinajstić information content (AvgIpc) is 2.98. The van der Waals surface area contributed by atoms with Crippen molar-refractivity contribution < 1.29 is 28.3 Å². The second kappa shape index (κ2) is 14.9. The first-order valence-corrected chi connectivity index (χ1v) is 15.6. The Labute approximate surface area is 259 Å². The molecule has 0 bridgehead atoms. The first kappa shape index (κ1) is 34.9. The Morgan fingerprint density at radius 3 is 2.18 bits per heavy atom. The van der Waals surface area contributed by atoms with Gasteiger partial charge in [0.1, 0.15) is 11.6 Å². The van der Waals surface area contributed by atoms with Gasteiger partial charge in [0.2, 0.25) is 0 Å². The Bertz CT molecular complexity index is 1310. The fourth-order valence-electron chi connectivity index (χ4n) is 6.16. The number of nitrogens with two attached hydrogens (primary N) is 1. The minimum Gasteiger partial charge on any atom is -0.481 e. The van der Waals surface area contributed by atoms with Gasteiger partial charge in [0.25, 0.3) is 11.8 Å². The fourth-order valence-corrected chi connectivity index (χ4v) is 6.16. The molecule has 4 N–H and O–H groups in total. The zero-order chi connectivity index (χ0) is 32.7. The Morgan fingerprint density at radius 1 is 1.07 bits per heavy atom. The molecule has 0 unspecified atom stereocenters. The van der Waals surface area contributed by atoms with Crippen molar-refractivity contribution in [3.63, 3.8) is 0 Å². The van der Waals surface area contributed by atoms with E-state index in [1.807, 2.05) is 0 Å². The van der Waals surface area contributed by atoms with E-state index in [4.69, 9.17) is 10.8 Å². The number of nitrogens with one attached hydrogen (secondary N) is 1. The van der Waals surface area contributed by atoms with Crippen LogP contribution in [0.15, 0.2) is 49.0 Å². The molecule has 1 saturated carbocycles. The third kappa shape index (κ3) is 8.52. The van der Waals surface area contributed by atoms with Crippen LogP contribution in [0.4, 0.5) is 8.78 Å². The number of amides is 2. The van der Waals surface area contributed by atoms with Crippen molar-refractivity contribution in [1.29, 1.82) is 0 Å². The highest BCUT2D eigenvalue weighted by Crippen LogP contribution is 2.46. The molecule has 2 aromatic rings. The minimum absolute atomic E-state index is 0.00559. The van der Waals surface area contributed by atoms with Gasteiger partial charge in [0.15, 0.2) is 0 Å². The minimum atomic E-state index is -1.03. The summed E-state index contributed by atoms with van der Waals surface area (Å²) in [5.74, 6) is -3.05. The summed E-state index contributed by atoms with van der Waals surface area (Å²) >= 11 is 0. The van der Waals surface area contributed by atoms with Gasteiger partial charge < -0.3 is 21.1 Å². The molecule has 0 heterocycles. The number of hydrogen-bond acceptors (Lipinski definition) is 4. The van der Waals surface area contributed by atoms with E-state index >= 15 is 0 Å². The van der Waals surface area contributed by atoms with Crippen LogP contribution in [0.1, 0.15) is 113 Å². The normalized spacial score (nSPS) is 19.2. The highest BCUT2D eigenvalue weighted by atomic mass is 19.1. The summed E-state index contributed by atoms with van der Waals surface area (Å²) in [6.45, 7) is 12.7. The van der Waals surface area contributed by atoms with Crippen molar-refractivity contribution in [2.24, 2.45) is 17.1 Å². The summed E-state index contributed by atoms with van der Waals surface area (Å²) in [7, 11) is 0. The topological polar surface area (TPSA) is 113 Å². The molecule has 0 spiro atoms. The van der Waals surface area contributed by atoms with Gasteiger partial charge >= 0.3 is 5.97 Å². The number of carbonyl (C=O) groups is 3. The molecule has 0 aromatic heterocycles. The quantitative estimate of drug-likeness (QED) is 0.154. The molecule has 0 radical (unpaired) electrons. The maximum Gasteiger partial charge on any atom is 0.305 e. The van der Waals surface area contributed by atoms with Crippen molar-refractivity contribution in [2.75, 3.05) is 6.54 Å². The van der Waals surface area contributed by atoms with E-state index in [9.17, 15) is 23.2 Å². The summed E-state index contributed by atoms with van der Waals surface area (Å²) in [4.78, 5) is 39.5. The van der Waals surface area contributed by atoms with Gasteiger partial charge in [-0.2, -0.15) is 0 Å². The maximum absolute atomic E-state index is 14.4. The van der Waals surface area contributed by atoms with Crippen LogP contribution in [-0.2, 0) is 9.59 Å². The Kier molecular flexibility index (Phi) is 11.8. The van der Waals surface area contributed by atoms with E-state index in [1.54, 1.807) is 29.2 Å². The number of unbranched alkanes of at least 4 members (excludes halogenated alkanes) is 1. The van der Waals surface area contributed by atoms with Crippen LogP contribution in [0.25, 0.3) is 5.57 Å². The molecule has 9 heteroatoms. The van der Waals surface area contributed by atoms with Gasteiger partial charge in [-0.3, -0.25) is 14.4 Å². The lowest BCUT2D eigenvalue weighted by Crippen LogP contribution is -2.61. The Hall–Kier alpha value is -3.59. The number of aliphatic carboxylic acids is 1. The van der Waals surface area contributed by atoms with E-state index in [0.717, 1.165) is 55.9 Å². The lowest BCUT2D eigenvalue weighted by atomic mass is 9.67. The number of carboxylic acids is 1. The summed E-state index contributed by atoms with van der Waals surface area (Å²) in [5, 5.41) is 11.5. The lowest BCUT2D eigenvalue weighted by molar-refractivity contribution is -0.138. The molecule has 1 aliphatic carbocycles. The zero-order valence-corrected chi connectivity index (χ0v) is 26.4. The van der Waals surface area contributed by atoms with Gasteiger partial charge in [-0.15, -0.1) is 0 Å². The van der Waals surface area contributed by atoms with Gasteiger partial charge in [-0.05, 0) is 78.8 Å². The smallest absolute Gasteiger partial charge is 0.305 e. The van der Waals surface area contributed by atoms with E-state index in [0.29, 0.717) is 30.7 Å². The number of benzene rings is 2. The molecule has 240 valence electrons. The van der Waals surface area contributed by atoms with Gasteiger partial charge in [-0.25, -0.2) is 8.78 Å². The van der Waals surface area contributed by atoms with E-state index in [-0.39, 0.29) is 29.5 Å². The molecule has 2 aromatic carbocycles. The standard InChI is InChI=1S/C35H47F2N3O4/c1-6-8-9-30(24-10-12-25(13-11-24)32(43)39-19-16-31(41)42)40(33(44)23(3)26-20-28(36)22-29(37)21-26)35(38)17-14-27(15-18-35)34(4,5)7-2/h10-13,20-22,27,30H,3,6-9,14-19,38H2,1-2,4-5H3,(H,39,43)(H,41,42)/t27?,30-,35?/m1/s1. The van der Waals surface area contributed by atoms with Crippen LogP contribution in [0.3, 0.4) is 0 Å². The second-order valence-corrected chi connectivity index (χ2v) is 12.7. The molecule has 7 nitrogen and oxygen atoms in total. The van der Waals surface area contributed by atoms with Crippen molar-refractivity contribution in [3.8, 4) is 0 Å². The molecule has 2 amide bonds.